The minimum absolute atomic E-state index is 0.213. The van der Waals surface area contributed by atoms with Crippen LogP contribution in [0.2, 0.25) is 0 Å². The number of nitrogens with one attached hydrogen (secondary N) is 1. The van der Waals surface area contributed by atoms with Crippen LogP contribution in [-0.4, -0.2) is 39.1 Å². The van der Waals surface area contributed by atoms with Crippen molar-refractivity contribution in [1.82, 2.24) is 39.1 Å². The minimum Gasteiger partial charge on any atom is -0.334 e. The van der Waals surface area contributed by atoms with Crippen molar-refractivity contribution in [2.45, 2.75) is 26.3 Å². The molecule has 27 heavy (non-hydrogen) atoms. The van der Waals surface area contributed by atoms with Crippen molar-refractivity contribution >= 4 is 0 Å². The van der Waals surface area contributed by atoms with Crippen LogP contribution in [0.25, 0.3) is 17.1 Å². The third-order valence-electron chi connectivity index (χ3n) is 4.36. The topological polar surface area (TPSA) is 99.2 Å². The molecule has 4 aromatic rings. The first-order valence-corrected chi connectivity index (χ1v) is 8.78. The maximum Gasteiger partial charge on any atom is 0.259 e. The van der Waals surface area contributed by atoms with E-state index >= 15 is 0 Å². The Labute approximate surface area is 155 Å². The van der Waals surface area contributed by atoms with E-state index < -0.39 is 0 Å². The zero-order valence-electron chi connectivity index (χ0n) is 15.2. The number of nitrogens with zero attached hydrogens (tertiary/aromatic N) is 7. The molecular weight excluding hydrogens is 344 g/mol. The summed E-state index contributed by atoms with van der Waals surface area (Å²) in [6, 6.07) is 3.48. The van der Waals surface area contributed by atoms with Gasteiger partial charge in [0.15, 0.2) is 5.82 Å². The fraction of sp³-hybridized carbons (Fsp3) is 0.278. The Morgan fingerprint density at radius 1 is 1.26 bits per heavy atom. The van der Waals surface area contributed by atoms with Gasteiger partial charge in [0.05, 0.1) is 18.0 Å². The van der Waals surface area contributed by atoms with Crippen LogP contribution in [0.1, 0.15) is 18.6 Å². The molecule has 0 fully saturated rings. The molecule has 4 rings (SSSR count). The van der Waals surface area contributed by atoms with E-state index in [9.17, 15) is 4.79 Å². The van der Waals surface area contributed by atoms with Gasteiger partial charge in [-0.1, -0.05) is 6.92 Å². The number of rotatable bonds is 6. The largest absolute Gasteiger partial charge is 0.334 e. The van der Waals surface area contributed by atoms with Crippen molar-refractivity contribution in [3.63, 3.8) is 0 Å². The standard InChI is InChI=1S/C18H20N8O/c1-3-15-19-8-10-25(15)9-6-16-22-17(14-5-4-7-20-18(14)27)23-26(16)13-11-21-24(2)12-13/h4-5,7-8,10-12H,3,6,9H2,1-2H3,(H,20,27). The molecule has 0 unspecified atom stereocenters. The van der Waals surface area contributed by atoms with Gasteiger partial charge in [-0.2, -0.15) is 5.10 Å². The molecule has 0 atom stereocenters. The lowest BCUT2D eigenvalue weighted by molar-refractivity contribution is 0.625. The molecule has 9 nitrogen and oxygen atoms in total. The van der Waals surface area contributed by atoms with Crippen molar-refractivity contribution < 1.29 is 0 Å². The predicted octanol–water partition coefficient (Wildman–Crippen LogP) is 1.36. The fourth-order valence-corrected chi connectivity index (χ4v) is 3.02. The number of pyridine rings is 1. The summed E-state index contributed by atoms with van der Waals surface area (Å²) in [6.07, 6.45) is 10.5. The van der Waals surface area contributed by atoms with E-state index in [1.165, 1.54) is 0 Å². The lowest BCUT2D eigenvalue weighted by atomic mass is 10.3. The SMILES string of the molecule is CCc1nccn1CCc1nc(-c2ccc[nH]c2=O)nn1-c1cnn(C)c1. The molecule has 0 aliphatic rings. The lowest BCUT2D eigenvalue weighted by Gasteiger charge is -2.06. The molecule has 0 aromatic carbocycles. The molecule has 0 aliphatic heterocycles. The van der Waals surface area contributed by atoms with Gasteiger partial charge < -0.3 is 9.55 Å². The van der Waals surface area contributed by atoms with Crippen LogP contribution in [0.3, 0.4) is 0 Å². The minimum atomic E-state index is -0.213. The van der Waals surface area contributed by atoms with E-state index in [2.05, 4.69) is 36.6 Å². The molecular formula is C18H20N8O. The third kappa shape index (κ3) is 3.31. The van der Waals surface area contributed by atoms with Gasteiger partial charge in [0, 0.05) is 45.0 Å². The molecule has 0 spiro atoms. The second-order valence-electron chi connectivity index (χ2n) is 6.19. The molecule has 1 N–H and O–H groups in total. The second kappa shape index (κ2) is 7.02. The molecule has 138 valence electrons. The maximum atomic E-state index is 12.1. The summed E-state index contributed by atoms with van der Waals surface area (Å²) in [4.78, 5) is 23.8. The zero-order chi connectivity index (χ0) is 18.8. The van der Waals surface area contributed by atoms with Gasteiger partial charge >= 0.3 is 0 Å². The summed E-state index contributed by atoms with van der Waals surface area (Å²) in [7, 11) is 1.85. The molecule has 4 heterocycles. The Balaban J connectivity index is 1.72. The number of aryl methyl sites for hydroxylation is 4. The van der Waals surface area contributed by atoms with Crippen LogP contribution in [0.15, 0.2) is 47.9 Å². The average Bonchev–Trinajstić information content (AvgIpc) is 3.39. The molecule has 0 amide bonds. The van der Waals surface area contributed by atoms with E-state index in [1.807, 2.05) is 19.4 Å². The van der Waals surface area contributed by atoms with Gasteiger partial charge in [0.1, 0.15) is 17.3 Å². The Kier molecular flexibility index (Phi) is 4.41. The number of hydrogen-bond donors (Lipinski definition) is 1. The molecule has 9 heteroatoms. The van der Waals surface area contributed by atoms with Crippen LogP contribution < -0.4 is 5.56 Å². The molecule has 0 bridgehead atoms. The maximum absolute atomic E-state index is 12.1. The number of aromatic amines is 1. The average molecular weight is 364 g/mol. The quantitative estimate of drug-likeness (QED) is 0.557. The highest BCUT2D eigenvalue weighted by atomic mass is 16.1. The monoisotopic (exact) mass is 364 g/mol. The van der Waals surface area contributed by atoms with E-state index in [0.29, 0.717) is 17.8 Å². The van der Waals surface area contributed by atoms with E-state index in [-0.39, 0.29) is 5.56 Å². The Hall–Kier alpha value is -3.49. The Morgan fingerprint density at radius 2 is 2.15 bits per heavy atom. The van der Waals surface area contributed by atoms with Crippen molar-refractivity contribution in [2.24, 2.45) is 7.05 Å². The fourth-order valence-electron chi connectivity index (χ4n) is 3.02. The highest BCUT2D eigenvalue weighted by Crippen LogP contribution is 2.16. The smallest absolute Gasteiger partial charge is 0.259 e. The molecule has 0 aliphatic carbocycles. The van der Waals surface area contributed by atoms with Crippen molar-refractivity contribution in [1.29, 1.82) is 0 Å². The molecule has 0 saturated heterocycles. The van der Waals surface area contributed by atoms with Gasteiger partial charge in [-0.25, -0.2) is 14.6 Å². The second-order valence-corrected chi connectivity index (χ2v) is 6.19. The van der Waals surface area contributed by atoms with Crippen molar-refractivity contribution in [3.05, 3.63) is 65.1 Å². The zero-order valence-corrected chi connectivity index (χ0v) is 15.2. The first-order valence-electron chi connectivity index (χ1n) is 8.78. The van der Waals surface area contributed by atoms with Gasteiger partial charge in [0.25, 0.3) is 5.56 Å². The van der Waals surface area contributed by atoms with Gasteiger partial charge in [-0.05, 0) is 12.1 Å². The summed E-state index contributed by atoms with van der Waals surface area (Å²) >= 11 is 0. The first kappa shape index (κ1) is 17.0. The van der Waals surface area contributed by atoms with Gasteiger partial charge in [-0.3, -0.25) is 9.48 Å². The highest BCUT2D eigenvalue weighted by molar-refractivity contribution is 5.53. The van der Waals surface area contributed by atoms with E-state index in [4.69, 9.17) is 0 Å². The predicted molar refractivity (Wildman–Crippen MR) is 99.5 cm³/mol. The molecule has 0 radical (unpaired) electrons. The Bertz CT molecular complexity index is 1120. The Morgan fingerprint density at radius 3 is 2.89 bits per heavy atom. The summed E-state index contributed by atoms with van der Waals surface area (Å²) in [5.41, 5.74) is 1.04. The van der Waals surface area contributed by atoms with Gasteiger partial charge in [0.2, 0.25) is 0 Å². The lowest BCUT2D eigenvalue weighted by Crippen LogP contribution is -2.09. The molecule has 0 saturated carbocycles. The van der Waals surface area contributed by atoms with Crippen molar-refractivity contribution in [3.8, 4) is 17.1 Å². The number of aromatic nitrogens is 8. The van der Waals surface area contributed by atoms with E-state index in [0.717, 1.165) is 30.3 Å². The van der Waals surface area contributed by atoms with Crippen LogP contribution in [0, 0.1) is 0 Å². The normalized spacial score (nSPS) is 11.2. The van der Waals surface area contributed by atoms with Crippen LogP contribution in [0.4, 0.5) is 0 Å². The number of H-pyrrole nitrogens is 1. The van der Waals surface area contributed by atoms with Crippen LogP contribution in [0.5, 0.6) is 0 Å². The van der Waals surface area contributed by atoms with Gasteiger partial charge in [-0.15, -0.1) is 5.10 Å². The third-order valence-corrected chi connectivity index (χ3v) is 4.36. The summed E-state index contributed by atoms with van der Waals surface area (Å²) < 4.78 is 5.56. The highest BCUT2D eigenvalue weighted by Gasteiger charge is 2.16. The molecule has 4 aromatic heterocycles. The number of imidazole rings is 1. The summed E-state index contributed by atoms with van der Waals surface area (Å²) in [5.74, 6) is 2.19. The van der Waals surface area contributed by atoms with Crippen LogP contribution >= 0.6 is 0 Å². The summed E-state index contributed by atoms with van der Waals surface area (Å²) in [5, 5.41) is 8.79. The first-order chi connectivity index (χ1) is 13.2. The van der Waals surface area contributed by atoms with E-state index in [1.54, 1.807) is 40.1 Å². The van der Waals surface area contributed by atoms with Crippen LogP contribution in [-0.2, 0) is 26.4 Å². The van der Waals surface area contributed by atoms with Crippen molar-refractivity contribution in [2.75, 3.05) is 0 Å². The summed E-state index contributed by atoms with van der Waals surface area (Å²) in [6.45, 7) is 2.81. The number of hydrogen-bond acceptors (Lipinski definition) is 5.